The topological polar surface area (TPSA) is 55.3 Å². The van der Waals surface area contributed by atoms with Crippen LogP contribution in [0.3, 0.4) is 0 Å². The van der Waals surface area contributed by atoms with E-state index in [9.17, 15) is 4.79 Å². The Labute approximate surface area is 196 Å². The third-order valence-corrected chi connectivity index (χ3v) is 6.21. The molecule has 0 atom stereocenters. The number of hydroxylamine groups is 1. The highest BCUT2D eigenvalue weighted by Crippen LogP contribution is 2.34. The quantitative estimate of drug-likeness (QED) is 0.252. The number of halogens is 3. The molecule has 0 spiro atoms. The summed E-state index contributed by atoms with van der Waals surface area (Å²) < 4.78 is 3.80. The first kappa shape index (κ1) is 20.7. The molecule has 150 valence electrons. The van der Waals surface area contributed by atoms with Gasteiger partial charge in [-0.25, -0.2) is 5.48 Å². The highest BCUT2D eigenvalue weighted by Gasteiger charge is 2.23. The molecular formula is C21H18BrClIN3O2. The Hall–Kier alpha value is -1.55. The van der Waals surface area contributed by atoms with Gasteiger partial charge in [-0.2, -0.15) is 0 Å². The summed E-state index contributed by atoms with van der Waals surface area (Å²) in [6.07, 6.45) is 6.20. The van der Waals surface area contributed by atoms with Gasteiger partial charge in [-0.1, -0.05) is 11.6 Å². The smallest absolute Gasteiger partial charge is 0.276 e. The van der Waals surface area contributed by atoms with Crippen molar-refractivity contribution >= 4 is 67.4 Å². The first-order valence-electron chi connectivity index (χ1n) is 9.12. The summed E-state index contributed by atoms with van der Waals surface area (Å²) in [6.45, 7) is 0.542. The second-order valence-electron chi connectivity index (χ2n) is 6.87. The van der Waals surface area contributed by atoms with Gasteiger partial charge < -0.3 is 9.88 Å². The summed E-state index contributed by atoms with van der Waals surface area (Å²) in [4.78, 5) is 18.2. The van der Waals surface area contributed by atoms with Crippen LogP contribution >= 0.6 is 50.1 Å². The Kier molecular flexibility index (Phi) is 6.48. The third-order valence-electron chi connectivity index (χ3n) is 4.60. The Morgan fingerprint density at radius 3 is 2.66 bits per heavy atom. The monoisotopic (exact) mass is 585 g/mol. The van der Waals surface area contributed by atoms with Crippen LogP contribution in [0, 0.1) is 9.49 Å². The zero-order chi connectivity index (χ0) is 20.4. The Bertz CT molecular complexity index is 1040. The maximum Gasteiger partial charge on any atom is 0.276 e. The number of hydrogen-bond donors (Lipinski definition) is 2. The molecule has 1 aliphatic rings. The van der Waals surface area contributed by atoms with E-state index < -0.39 is 0 Å². The summed E-state index contributed by atoms with van der Waals surface area (Å²) in [5, 5.41) is 3.89. The second kappa shape index (κ2) is 9.07. The van der Waals surface area contributed by atoms with E-state index in [0.717, 1.165) is 32.3 Å². The molecule has 0 saturated heterocycles. The fourth-order valence-electron chi connectivity index (χ4n) is 2.85. The van der Waals surface area contributed by atoms with Gasteiger partial charge in [0, 0.05) is 20.4 Å². The third kappa shape index (κ3) is 5.14. The van der Waals surface area contributed by atoms with Gasteiger partial charge >= 0.3 is 0 Å². The van der Waals surface area contributed by atoms with Crippen LogP contribution in [0.2, 0.25) is 5.02 Å². The molecule has 29 heavy (non-hydrogen) atoms. The number of aromatic nitrogens is 1. The number of amides is 1. The summed E-state index contributed by atoms with van der Waals surface area (Å²) in [6, 6.07) is 13.3. The van der Waals surface area contributed by atoms with E-state index in [0.29, 0.717) is 28.8 Å². The zero-order valence-corrected chi connectivity index (χ0v) is 19.8. The van der Waals surface area contributed by atoms with Gasteiger partial charge in [-0.15, -0.1) is 0 Å². The standard InChI is InChI=1S/C21H18BrClIN3O2/c22-16-10-15(21(28)26-29-12-13-3-4-13)19(11-20(16)27-7-1-2-8-27)25-18-6-5-14(24)9-17(18)23/h1-2,5-11,13,25H,3-4,12H2,(H,26,28). The average Bonchev–Trinajstić information content (AvgIpc) is 3.35. The lowest BCUT2D eigenvalue weighted by Gasteiger charge is -2.17. The molecule has 3 aromatic rings. The molecule has 1 heterocycles. The van der Waals surface area contributed by atoms with E-state index >= 15 is 0 Å². The van der Waals surface area contributed by atoms with E-state index in [4.69, 9.17) is 16.4 Å². The number of benzene rings is 2. The van der Waals surface area contributed by atoms with Gasteiger partial charge in [0.15, 0.2) is 0 Å². The minimum absolute atomic E-state index is 0.311. The maximum atomic E-state index is 12.8. The number of rotatable bonds is 7. The minimum atomic E-state index is -0.311. The maximum absolute atomic E-state index is 12.8. The Balaban J connectivity index is 1.67. The summed E-state index contributed by atoms with van der Waals surface area (Å²) in [5.74, 6) is 0.246. The van der Waals surface area contributed by atoms with Crippen molar-refractivity contribution in [2.24, 2.45) is 5.92 Å². The normalized spacial score (nSPS) is 13.3. The van der Waals surface area contributed by atoms with Crippen molar-refractivity contribution < 1.29 is 9.63 Å². The van der Waals surface area contributed by atoms with Crippen LogP contribution in [0.25, 0.3) is 5.69 Å². The molecule has 2 N–H and O–H groups in total. The highest BCUT2D eigenvalue weighted by atomic mass is 127. The fraction of sp³-hybridized carbons (Fsp3) is 0.190. The predicted molar refractivity (Wildman–Crippen MR) is 127 cm³/mol. The van der Waals surface area contributed by atoms with Crippen molar-refractivity contribution in [3.05, 3.63) is 73.5 Å². The number of anilines is 2. The molecule has 1 saturated carbocycles. The van der Waals surface area contributed by atoms with Crippen LogP contribution < -0.4 is 10.8 Å². The van der Waals surface area contributed by atoms with Crippen molar-refractivity contribution in [3.63, 3.8) is 0 Å². The molecule has 2 aromatic carbocycles. The van der Waals surface area contributed by atoms with E-state index in [2.05, 4.69) is 49.3 Å². The van der Waals surface area contributed by atoms with Crippen molar-refractivity contribution in [2.45, 2.75) is 12.8 Å². The number of carbonyl (C=O) groups excluding carboxylic acids is 1. The molecule has 1 aliphatic carbocycles. The largest absolute Gasteiger partial charge is 0.354 e. The Morgan fingerprint density at radius 1 is 1.21 bits per heavy atom. The first-order valence-corrected chi connectivity index (χ1v) is 11.4. The van der Waals surface area contributed by atoms with E-state index in [-0.39, 0.29) is 5.91 Å². The highest BCUT2D eigenvalue weighted by molar-refractivity contribution is 14.1. The van der Waals surface area contributed by atoms with Crippen molar-refractivity contribution in [3.8, 4) is 5.69 Å². The molecule has 1 amide bonds. The van der Waals surface area contributed by atoms with Crippen molar-refractivity contribution in [2.75, 3.05) is 11.9 Å². The van der Waals surface area contributed by atoms with Gasteiger partial charge in [0.2, 0.25) is 0 Å². The lowest BCUT2D eigenvalue weighted by Crippen LogP contribution is -2.25. The van der Waals surface area contributed by atoms with Crippen LogP contribution in [-0.2, 0) is 4.84 Å². The SMILES string of the molecule is O=C(NOCC1CC1)c1cc(Br)c(-n2cccc2)cc1Nc1ccc(I)cc1Cl. The second-order valence-corrected chi connectivity index (χ2v) is 9.38. The molecule has 0 aliphatic heterocycles. The van der Waals surface area contributed by atoms with Crippen LogP contribution in [0.5, 0.6) is 0 Å². The lowest BCUT2D eigenvalue weighted by molar-refractivity contribution is 0.0271. The van der Waals surface area contributed by atoms with Gasteiger partial charge in [0.05, 0.1) is 34.3 Å². The lowest BCUT2D eigenvalue weighted by atomic mass is 10.1. The summed E-state index contributed by atoms with van der Waals surface area (Å²) >= 11 is 12.2. The van der Waals surface area contributed by atoms with Crippen LogP contribution in [0.15, 0.2) is 59.3 Å². The van der Waals surface area contributed by atoms with Crippen molar-refractivity contribution in [1.82, 2.24) is 10.0 Å². The van der Waals surface area contributed by atoms with Gasteiger partial charge in [0.1, 0.15) is 0 Å². The average molecular weight is 587 g/mol. The van der Waals surface area contributed by atoms with Crippen molar-refractivity contribution in [1.29, 1.82) is 0 Å². The zero-order valence-electron chi connectivity index (χ0n) is 15.3. The van der Waals surface area contributed by atoms with Crippen LogP contribution in [0.1, 0.15) is 23.2 Å². The number of carbonyl (C=O) groups is 1. The van der Waals surface area contributed by atoms with E-state index in [1.54, 1.807) is 6.07 Å². The molecule has 0 unspecified atom stereocenters. The number of hydrogen-bond acceptors (Lipinski definition) is 3. The minimum Gasteiger partial charge on any atom is -0.354 e. The molecule has 8 heteroatoms. The predicted octanol–water partition coefficient (Wildman–Crippen LogP) is 6.31. The van der Waals surface area contributed by atoms with E-state index in [1.807, 2.05) is 53.4 Å². The van der Waals surface area contributed by atoms with Gasteiger partial charge in [-0.05, 0) is 99.7 Å². The molecule has 5 nitrogen and oxygen atoms in total. The summed E-state index contributed by atoms with van der Waals surface area (Å²) in [5.41, 5.74) is 5.27. The molecule has 0 radical (unpaired) electrons. The van der Waals surface area contributed by atoms with Gasteiger partial charge in [-0.3, -0.25) is 9.63 Å². The Morgan fingerprint density at radius 2 is 1.97 bits per heavy atom. The molecule has 1 aromatic heterocycles. The fourth-order valence-corrected chi connectivity index (χ4v) is 4.30. The molecule has 0 bridgehead atoms. The molecule has 4 rings (SSSR count). The van der Waals surface area contributed by atoms with E-state index in [1.165, 1.54) is 0 Å². The molecular weight excluding hydrogens is 569 g/mol. The van der Waals surface area contributed by atoms with Crippen LogP contribution in [-0.4, -0.2) is 17.1 Å². The van der Waals surface area contributed by atoms with Crippen LogP contribution in [0.4, 0.5) is 11.4 Å². The molecule has 1 fully saturated rings. The summed E-state index contributed by atoms with van der Waals surface area (Å²) in [7, 11) is 0. The first-order chi connectivity index (χ1) is 14.0. The number of nitrogens with zero attached hydrogens (tertiary/aromatic N) is 1. The van der Waals surface area contributed by atoms with Gasteiger partial charge in [0.25, 0.3) is 5.91 Å². The number of nitrogens with one attached hydrogen (secondary N) is 2.